The molecule has 0 spiro atoms. The molecule has 4 aromatic rings. The number of fused-ring (bicyclic) bond motifs is 2. The fraction of sp³-hybridized carbons (Fsp3) is 0.148. The molecule has 0 aliphatic carbocycles. The van der Waals surface area contributed by atoms with Crippen LogP contribution in [0, 0.1) is 18.3 Å². The fourth-order valence-corrected chi connectivity index (χ4v) is 4.45. The van der Waals surface area contributed by atoms with Gasteiger partial charge in [-0.15, -0.1) is 0 Å². The zero-order chi connectivity index (χ0) is 24.7. The molecule has 1 amide bonds. The Balaban J connectivity index is 1.62. The number of aryl methyl sites for hydroxylation is 1. The number of nitrogens with one attached hydrogen (secondary N) is 1. The van der Waals surface area contributed by atoms with Crippen molar-refractivity contribution in [2.45, 2.75) is 26.4 Å². The molecule has 8 heteroatoms. The first-order chi connectivity index (χ1) is 16.9. The molecule has 1 atom stereocenters. The summed E-state index contributed by atoms with van der Waals surface area (Å²) >= 11 is 0. The van der Waals surface area contributed by atoms with E-state index in [1.54, 1.807) is 36.4 Å². The molecule has 5 rings (SSSR count). The van der Waals surface area contributed by atoms with Crippen molar-refractivity contribution in [2.75, 3.05) is 10.2 Å². The van der Waals surface area contributed by atoms with Gasteiger partial charge >= 0.3 is 5.97 Å². The Morgan fingerprint density at radius 3 is 2.63 bits per heavy atom. The van der Waals surface area contributed by atoms with Crippen molar-refractivity contribution >= 4 is 34.4 Å². The maximum atomic E-state index is 13.1. The zero-order valence-electron chi connectivity index (χ0n) is 19.1. The van der Waals surface area contributed by atoms with Gasteiger partial charge in [-0.05, 0) is 49.2 Å². The van der Waals surface area contributed by atoms with Crippen LogP contribution in [0.15, 0.2) is 60.7 Å². The van der Waals surface area contributed by atoms with Crippen LogP contribution in [-0.4, -0.2) is 27.0 Å². The Morgan fingerprint density at radius 1 is 1.14 bits per heavy atom. The van der Waals surface area contributed by atoms with E-state index in [-0.39, 0.29) is 29.0 Å². The molecule has 1 aliphatic heterocycles. The molecule has 0 radical (unpaired) electrons. The highest BCUT2D eigenvalue weighted by atomic mass is 16.4. The van der Waals surface area contributed by atoms with Gasteiger partial charge in [-0.3, -0.25) is 9.69 Å². The molecule has 0 saturated heterocycles. The summed E-state index contributed by atoms with van der Waals surface area (Å²) in [7, 11) is 0. The zero-order valence-corrected chi connectivity index (χ0v) is 19.1. The van der Waals surface area contributed by atoms with Crippen molar-refractivity contribution in [1.82, 2.24) is 9.97 Å². The van der Waals surface area contributed by atoms with Crippen LogP contribution in [0.1, 0.15) is 56.1 Å². The van der Waals surface area contributed by atoms with E-state index in [9.17, 15) is 20.0 Å². The van der Waals surface area contributed by atoms with E-state index < -0.39 is 5.97 Å². The smallest absolute Gasteiger partial charge is 0.337 e. The number of carbonyl (C=O) groups is 2. The van der Waals surface area contributed by atoms with Crippen LogP contribution in [0.4, 0.5) is 11.5 Å². The van der Waals surface area contributed by atoms with Gasteiger partial charge in [0.1, 0.15) is 6.07 Å². The third-order valence-corrected chi connectivity index (χ3v) is 6.10. The number of carbonyl (C=O) groups excluding carboxylic acids is 1. The molecule has 172 valence electrons. The summed E-state index contributed by atoms with van der Waals surface area (Å²) in [5, 5.41) is 22.6. The number of nitriles is 1. The Bertz CT molecular complexity index is 1560. The van der Waals surface area contributed by atoms with Crippen molar-refractivity contribution in [3.63, 3.8) is 0 Å². The van der Waals surface area contributed by atoms with Crippen LogP contribution >= 0.6 is 0 Å². The maximum Gasteiger partial charge on any atom is 0.337 e. The summed E-state index contributed by atoms with van der Waals surface area (Å²) in [6.07, 6.45) is 0. The Kier molecular flexibility index (Phi) is 5.38. The lowest BCUT2D eigenvalue weighted by atomic mass is 10.0. The van der Waals surface area contributed by atoms with Gasteiger partial charge < -0.3 is 10.4 Å². The summed E-state index contributed by atoms with van der Waals surface area (Å²) in [6, 6.07) is 19.6. The predicted molar refractivity (Wildman–Crippen MR) is 131 cm³/mol. The minimum atomic E-state index is -1.03. The van der Waals surface area contributed by atoms with Crippen molar-refractivity contribution in [1.29, 1.82) is 5.26 Å². The number of carboxylic acids is 1. The van der Waals surface area contributed by atoms with Gasteiger partial charge in [0, 0.05) is 16.8 Å². The molecule has 2 N–H and O–H groups in total. The number of nitrogens with zero attached hydrogens (tertiary/aromatic N) is 4. The first kappa shape index (κ1) is 22.0. The lowest BCUT2D eigenvalue weighted by Crippen LogP contribution is -2.25. The molecular weight excluding hydrogens is 442 g/mol. The van der Waals surface area contributed by atoms with E-state index in [0.29, 0.717) is 28.8 Å². The van der Waals surface area contributed by atoms with Gasteiger partial charge in [0.2, 0.25) is 0 Å². The molecule has 0 unspecified atom stereocenters. The Morgan fingerprint density at radius 2 is 1.89 bits per heavy atom. The van der Waals surface area contributed by atoms with Gasteiger partial charge in [-0.1, -0.05) is 36.4 Å². The second-order valence-corrected chi connectivity index (χ2v) is 8.49. The largest absolute Gasteiger partial charge is 0.478 e. The van der Waals surface area contributed by atoms with Gasteiger partial charge in [0.05, 0.1) is 29.2 Å². The third-order valence-electron chi connectivity index (χ3n) is 6.10. The summed E-state index contributed by atoms with van der Waals surface area (Å²) in [5.41, 5.74) is 4.95. The van der Waals surface area contributed by atoms with Crippen molar-refractivity contribution in [3.8, 4) is 6.07 Å². The quantitative estimate of drug-likeness (QED) is 0.434. The van der Waals surface area contributed by atoms with Gasteiger partial charge in [0.15, 0.2) is 11.5 Å². The van der Waals surface area contributed by atoms with Crippen molar-refractivity contribution in [2.24, 2.45) is 0 Å². The van der Waals surface area contributed by atoms with E-state index in [4.69, 9.17) is 4.98 Å². The first-order valence-electron chi connectivity index (χ1n) is 11.1. The average Bonchev–Trinajstić information content (AvgIpc) is 3.19. The SMILES string of the molecule is Cc1cc([C@@H](C)Nc2ccccc2C(=O)O)c2nc(N3Cc4ccccc4C3=O)c(C#N)nc2c1. The minimum Gasteiger partial charge on any atom is -0.478 e. The highest BCUT2D eigenvalue weighted by Crippen LogP contribution is 2.33. The highest BCUT2D eigenvalue weighted by Gasteiger charge is 2.32. The summed E-state index contributed by atoms with van der Waals surface area (Å²) in [5.74, 6) is -1.03. The monoisotopic (exact) mass is 463 g/mol. The number of hydrogen-bond donors (Lipinski definition) is 2. The molecule has 0 saturated carbocycles. The van der Waals surface area contributed by atoms with Gasteiger partial charge in [-0.2, -0.15) is 5.26 Å². The molecular formula is C27H21N5O3. The summed E-state index contributed by atoms with van der Waals surface area (Å²) in [6.45, 7) is 4.14. The molecule has 0 bridgehead atoms. The van der Waals surface area contributed by atoms with Crippen LogP contribution in [0.5, 0.6) is 0 Å². The number of carboxylic acid groups (broad SMARTS) is 1. The first-order valence-corrected chi connectivity index (χ1v) is 11.1. The molecule has 1 aliphatic rings. The number of amides is 1. The second kappa shape index (κ2) is 8.54. The van der Waals surface area contributed by atoms with E-state index >= 15 is 0 Å². The van der Waals surface area contributed by atoms with Crippen molar-refractivity contribution < 1.29 is 14.7 Å². The number of aromatic nitrogens is 2. The molecule has 8 nitrogen and oxygen atoms in total. The lowest BCUT2D eigenvalue weighted by Gasteiger charge is -2.21. The Hall–Kier alpha value is -4.77. The van der Waals surface area contributed by atoms with Crippen LogP contribution in [0.25, 0.3) is 11.0 Å². The van der Waals surface area contributed by atoms with E-state index in [0.717, 1.165) is 16.7 Å². The number of rotatable bonds is 5. The normalized spacial score (nSPS) is 13.4. The minimum absolute atomic E-state index is 0.0760. The van der Waals surface area contributed by atoms with E-state index in [2.05, 4.69) is 16.4 Å². The van der Waals surface area contributed by atoms with Crippen LogP contribution in [-0.2, 0) is 6.54 Å². The molecule has 0 fully saturated rings. The lowest BCUT2D eigenvalue weighted by molar-refractivity contribution is 0.0697. The number of para-hydroxylation sites is 1. The standard InChI is InChI=1S/C27H21N5O3/c1-15-11-20(16(2)29-21-10-6-5-9-19(21)27(34)35)24-22(12-15)30-23(13-28)25(31-24)32-14-17-7-3-4-8-18(17)26(32)33/h3-12,16,29H,14H2,1-2H3,(H,34,35)/t16-/m1/s1. The predicted octanol–water partition coefficient (Wildman–Crippen LogP) is 4.84. The number of benzene rings is 3. The van der Waals surface area contributed by atoms with Gasteiger partial charge in [0.25, 0.3) is 5.91 Å². The van der Waals surface area contributed by atoms with E-state index in [1.807, 2.05) is 38.1 Å². The van der Waals surface area contributed by atoms with E-state index in [1.165, 1.54) is 4.90 Å². The molecule has 1 aromatic heterocycles. The molecule has 2 heterocycles. The highest BCUT2D eigenvalue weighted by molar-refractivity contribution is 6.10. The number of anilines is 2. The second-order valence-electron chi connectivity index (χ2n) is 8.49. The maximum absolute atomic E-state index is 13.1. The summed E-state index contributed by atoms with van der Waals surface area (Å²) < 4.78 is 0. The van der Waals surface area contributed by atoms with Crippen LogP contribution < -0.4 is 10.2 Å². The van der Waals surface area contributed by atoms with Crippen molar-refractivity contribution in [3.05, 3.63) is 94.2 Å². The topological polar surface area (TPSA) is 119 Å². The number of hydrogen-bond acceptors (Lipinski definition) is 6. The number of aromatic carboxylic acids is 1. The fourth-order valence-electron chi connectivity index (χ4n) is 4.45. The molecule has 35 heavy (non-hydrogen) atoms. The third kappa shape index (κ3) is 3.83. The molecule has 3 aromatic carbocycles. The van der Waals surface area contributed by atoms with Crippen LogP contribution in [0.3, 0.4) is 0 Å². The van der Waals surface area contributed by atoms with Gasteiger partial charge in [-0.25, -0.2) is 14.8 Å². The summed E-state index contributed by atoms with van der Waals surface area (Å²) in [4.78, 5) is 35.6. The van der Waals surface area contributed by atoms with Crippen LogP contribution in [0.2, 0.25) is 0 Å². The average molecular weight is 463 g/mol. The Labute approximate surface area is 201 Å².